The third-order valence-corrected chi connectivity index (χ3v) is 4.23. The van der Waals surface area contributed by atoms with E-state index in [9.17, 15) is 13.2 Å². The third-order valence-electron chi connectivity index (χ3n) is 2.60. The number of hydrogen-bond donors (Lipinski definition) is 2. The van der Waals surface area contributed by atoms with Gasteiger partial charge in [0.05, 0.1) is 16.5 Å². The van der Waals surface area contributed by atoms with Gasteiger partial charge >= 0.3 is 5.97 Å². The van der Waals surface area contributed by atoms with Gasteiger partial charge in [-0.1, -0.05) is 6.92 Å². The summed E-state index contributed by atoms with van der Waals surface area (Å²) in [6.45, 7) is 3.13. The third kappa shape index (κ3) is 3.53. The van der Waals surface area contributed by atoms with E-state index in [1.807, 2.05) is 6.07 Å². The van der Waals surface area contributed by atoms with Crippen molar-refractivity contribution in [2.45, 2.75) is 31.2 Å². The molecule has 0 saturated carbocycles. The van der Waals surface area contributed by atoms with Gasteiger partial charge in [-0.05, 0) is 37.1 Å². The number of nitrogens with zero attached hydrogens (tertiary/aromatic N) is 1. The monoisotopic (exact) mass is 282 g/mol. The number of aryl methyl sites for hydroxylation is 1. The highest BCUT2D eigenvalue weighted by Crippen LogP contribution is 2.17. The van der Waals surface area contributed by atoms with Crippen LogP contribution in [0.2, 0.25) is 0 Å². The Bertz CT molecular complexity index is 632. The first kappa shape index (κ1) is 15.1. The number of carboxylic acid groups (broad SMARTS) is 1. The highest BCUT2D eigenvalue weighted by atomic mass is 32.2. The van der Waals surface area contributed by atoms with E-state index in [-0.39, 0.29) is 11.3 Å². The number of benzene rings is 1. The minimum atomic E-state index is -3.91. The molecular weight excluding hydrogens is 268 g/mol. The van der Waals surface area contributed by atoms with Crippen LogP contribution < -0.4 is 4.72 Å². The lowest BCUT2D eigenvalue weighted by Crippen LogP contribution is -2.40. The maximum absolute atomic E-state index is 12.1. The van der Waals surface area contributed by atoms with Crippen molar-refractivity contribution < 1.29 is 18.3 Å². The first-order valence-corrected chi connectivity index (χ1v) is 7.06. The molecule has 1 atom stereocenters. The Morgan fingerprint density at radius 1 is 1.53 bits per heavy atom. The summed E-state index contributed by atoms with van der Waals surface area (Å²) in [5.41, 5.74) is 0.744. The van der Waals surface area contributed by atoms with Gasteiger partial charge in [0.2, 0.25) is 10.0 Å². The number of nitriles is 1. The van der Waals surface area contributed by atoms with E-state index in [0.29, 0.717) is 11.1 Å². The highest BCUT2D eigenvalue weighted by molar-refractivity contribution is 7.89. The maximum Gasteiger partial charge on any atom is 0.321 e. The average Bonchev–Trinajstić information content (AvgIpc) is 2.35. The quantitative estimate of drug-likeness (QED) is 0.838. The lowest BCUT2D eigenvalue weighted by atomic mass is 10.2. The Hall–Kier alpha value is -1.91. The van der Waals surface area contributed by atoms with Gasteiger partial charge < -0.3 is 5.11 Å². The van der Waals surface area contributed by atoms with Crippen LogP contribution in [0.15, 0.2) is 23.1 Å². The van der Waals surface area contributed by atoms with Gasteiger partial charge in [-0.15, -0.1) is 0 Å². The molecule has 0 amide bonds. The molecule has 0 unspecified atom stereocenters. The lowest BCUT2D eigenvalue weighted by Gasteiger charge is -2.14. The summed E-state index contributed by atoms with van der Waals surface area (Å²) in [4.78, 5) is 10.8. The summed E-state index contributed by atoms with van der Waals surface area (Å²) in [5.74, 6) is -1.22. The molecule has 0 aliphatic carbocycles. The highest BCUT2D eigenvalue weighted by Gasteiger charge is 2.25. The molecule has 102 valence electrons. The number of carbonyl (C=O) groups is 1. The van der Waals surface area contributed by atoms with Crippen LogP contribution in [0.25, 0.3) is 0 Å². The van der Waals surface area contributed by atoms with Gasteiger partial charge in [-0.2, -0.15) is 9.98 Å². The van der Waals surface area contributed by atoms with Crippen LogP contribution in [0.1, 0.15) is 24.5 Å². The standard InChI is InChI=1S/C12H14N2O4S/c1-3-10(12(15)16)14-19(17,18)11-5-4-9(7-13)6-8(11)2/h4-6,10,14H,3H2,1-2H3,(H,15,16)/t10-/m1/s1. The van der Waals surface area contributed by atoms with E-state index in [0.717, 1.165) is 0 Å². The molecule has 1 aromatic carbocycles. The number of aliphatic carboxylic acids is 1. The Kier molecular flexibility index (Phi) is 4.64. The van der Waals surface area contributed by atoms with Crippen molar-refractivity contribution in [2.75, 3.05) is 0 Å². The zero-order valence-electron chi connectivity index (χ0n) is 10.5. The second-order valence-electron chi connectivity index (χ2n) is 4.01. The normalized spacial score (nSPS) is 12.7. The Morgan fingerprint density at radius 3 is 2.58 bits per heavy atom. The van der Waals surface area contributed by atoms with Crippen molar-refractivity contribution in [1.29, 1.82) is 5.26 Å². The smallest absolute Gasteiger partial charge is 0.321 e. The predicted octanol–water partition coefficient (Wildman–Crippen LogP) is 1.01. The fourth-order valence-electron chi connectivity index (χ4n) is 1.58. The fraction of sp³-hybridized carbons (Fsp3) is 0.333. The SMILES string of the molecule is CC[C@@H](NS(=O)(=O)c1ccc(C#N)cc1C)C(=O)O. The molecule has 6 nitrogen and oxygen atoms in total. The molecule has 19 heavy (non-hydrogen) atoms. The summed E-state index contributed by atoms with van der Waals surface area (Å²) in [7, 11) is -3.91. The molecule has 0 radical (unpaired) electrons. The number of rotatable bonds is 5. The summed E-state index contributed by atoms with van der Waals surface area (Å²) >= 11 is 0. The van der Waals surface area contributed by atoms with Crippen LogP contribution in [0.5, 0.6) is 0 Å². The first-order valence-electron chi connectivity index (χ1n) is 5.57. The van der Waals surface area contributed by atoms with E-state index in [4.69, 9.17) is 10.4 Å². The first-order chi connectivity index (χ1) is 8.81. The van der Waals surface area contributed by atoms with Gasteiger partial charge in [0.15, 0.2) is 0 Å². The molecular formula is C12H14N2O4S. The largest absolute Gasteiger partial charge is 0.480 e. The molecule has 1 aromatic rings. The van der Waals surface area contributed by atoms with Crippen molar-refractivity contribution in [1.82, 2.24) is 4.72 Å². The van der Waals surface area contributed by atoms with E-state index in [2.05, 4.69) is 4.72 Å². The molecule has 0 aliphatic heterocycles. The number of nitrogens with one attached hydrogen (secondary N) is 1. The minimum absolute atomic E-state index is 0.0220. The van der Waals surface area contributed by atoms with E-state index < -0.39 is 22.0 Å². The van der Waals surface area contributed by atoms with Gasteiger partial charge in [0.1, 0.15) is 6.04 Å². The Labute approximate surface area is 111 Å². The van der Waals surface area contributed by atoms with Gasteiger partial charge in [-0.25, -0.2) is 8.42 Å². The van der Waals surface area contributed by atoms with Gasteiger partial charge in [0, 0.05) is 0 Å². The zero-order chi connectivity index (χ0) is 14.6. The maximum atomic E-state index is 12.1. The molecule has 0 aromatic heterocycles. The Balaban J connectivity index is 3.14. The summed E-state index contributed by atoms with van der Waals surface area (Å²) in [6, 6.07) is 4.86. The molecule has 0 fully saturated rings. The van der Waals surface area contributed by atoms with Crippen LogP contribution in [-0.2, 0) is 14.8 Å². The molecule has 0 heterocycles. The predicted molar refractivity (Wildman–Crippen MR) is 67.9 cm³/mol. The number of hydrogen-bond acceptors (Lipinski definition) is 4. The van der Waals surface area contributed by atoms with E-state index in [1.54, 1.807) is 13.8 Å². The molecule has 2 N–H and O–H groups in total. The van der Waals surface area contributed by atoms with Crippen LogP contribution >= 0.6 is 0 Å². The molecule has 0 saturated heterocycles. The van der Waals surface area contributed by atoms with Crippen LogP contribution in [0.3, 0.4) is 0 Å². The van der Waals surface area contributed by atoms with Crippen LogP contribution in [-0.4, -0.2) is 25.5 Å². The summed E-state index contributed by atoms with van der Waals surface area (Å²) < 4.78 is 26.3. The number of carboxylic acids is 1. The van der Waals surface area contributed by atoms with Crippen LogP contribution in [0.4, 0.5) is 0 Å². The van der Waals surface area contributed by atoms with Crippen molar-refractivity contribution in [3.05, 3.63) is 29.3 Å². The van der Waals surface area contributed by atoms with Crippen LogP contribution in [0, 0.1) is 18.3 Å². The lowest BCUT2D eigenvalue weighted by molar-refractivity contribution is -0.139. The van der Waals surface area contributed by atoms with Gasteiger partial charge in [-0.3, -0.25) is 4.79 Å². The van der Waals surface area contributed by atoms with Crippen molar-refractivity contribution in [3.63, 3.8) is 0 Å². The minimum Gasteiger partial charge on any atom is -0.480 e. The second kappa shape index (κ2) is 5.82. The molecule has 7 heteroatoms. The second-order valence-corrected chi connectivity index (χ2v) is 5.69. The van der Waals surface area contributed by atoms with E-state index in [1.165, 1.54) is 18.2 Å². The summed E-state index contributed by atoms with van der Waals surface area (Å²) in [5, 5.41) is 17.6. The number of sulfonamides is 1. The Morgan fingerprint density at radius 2 is 2.16 bits per heavy atom. The van der Waals surface area contributed by atoms with Gasteiger partial charge in [0.25, 0.3) is 0 Å². The fourth-order valence-corrected chi connectivity index (χ4v) is 3.08. The zero-order valence-corrected chi connectivity index (χ0v) is 11.4. The molecule has 0 bridgehead atoms. The van der Waals surface area contributed by atoms with Crippen molar-refractivity contribution in [2.24, 2.45) is 0 Å². The summed E-state index contributed by atoms with van der Waals surface area (Å²) in [6.07, 6.45) is 0.143. The van der Waals surface area contributed by atoms with Crippen molar-refractivity contribution >= 4 is 16.0 Å². The molecule has 0 spiro atoms. The molecule has 0 aliphatic rings. The van der Waals surface area contributed by atoms with Crippen molar-refractivity contribution in [3.8, 4) is 6.07 Å². The molecule has 1 rings (SSSR count). The topological polar surface area (TPSA) is 107 Å². The average molecular weight is 282 g/mol. The van der Waals surface area contributed by atoms with E-state index >= 15 is 0 Å².